The monoisotopic (exact) mass is 628 g/mol. The molecule has 0 unspecified atom stereocenters. The molecule has 0 aliphatic rings. The Bertz CT molecular complexity index is 1240. The first kappa shape index (κ1) is 23.6. The van der Waals surface area contributed by atoms with E-state index in [9.17, 15) is 0 Å². The Hall–Kier alpha value is -3.50. The van der Waals surface area contributed by atoms with Crippen molar-refractivity contribution in [2.75, 3.05) is 4.90 Å². The van der Waals surface area contributed by atoms with Gasteiger partial charge in [-0.25, -0.2) is 9.67 Å². The molecule has 174 valence electrons. The van der Waals surface area contributed by atoms with Gasteiger partial charge in [0.2, 0.25) is 0 Å². The van der Waals surface area contributed by atoms with Crippen LogP contribution in [0.1, 0.15) is 25.0 Å². The second kappa shape index (κ2) is 10.6. The Morgan fingerprint density at radius 2 is 1.44 bits per heavy atom. The van der Waals surface area contributed by atoms with Gasteiger partial charge in [0.15, 0.2) is 11.6 Å². The molecule has 4 aromatic heterocycles. The normalized spacial score (nSPS) is 10.6. The zero-order chi connectivity index (χ0) is 22.6. The van der Waals surface area contributed by atoms with Crippen LogP contribution in [-0.4, -0.2) is 24.3 Å². The third-order valence-corrected chi connectivity index (χ3v) is 5.63. The van der Waals surface area contributed by atoms with E-state index < -0.39 is 0 Å². The van der Waals surface area contributed by atoms with Crippen LogP contribution in [0.2, 0.25) is 0 Å². The maximum atomic E-state index is 4.90. The summed E-state index contributed by atoms with van der Waals surface area (Å²) in [4.78, 5) is 11.1. The van der Waals surface area contributed by atoms with Gasteiger partial charge in [0, 0.05) is 45.7 Å². The van der Waals surface area contributed by atoms with Gasteiger partial charge >= 0.3 is 0 Å². The Balaban J connectivity index is 0.00000274. The molecular weight excluding hydrogens is 603 g/mol. The molecule has 5 aromatic rings. The zero-order valence-corrected chi connectivity index (χ0v) is 21.3. The zero-order valence-electron chi connectivity index (χ0n) is 19.1. The number of para-hydroxylation sites is 1. The van der Waals surface area contributed by atoms with Crippen LogP contribution in [-0.2, 0) is 33.9 Å². The van der Waals surface area contributed by atoms with Gasteiger partial charge in [-0.05, 0) is 54.1 Å². The molecule has 0 bridgehead atoms. The van der Waals surface area contributed by atoms with Crippen molar-refractivity contribution in [1.82, 2.24) is 24.3 Å². The van der Waals surface area contributed by atoms with Crippen LogP contribution < -0.4 is 4.90 Å². The molecule has 0 radical (unpaired) electrons. The number of aromatic nitrogens is 5. The Labute approximate surface area is 214 Å². The molecule has 0 aliphatic heterocycles. The summed E-state index contributed by atoms with van der Waals surface area (Å²) in [5.74, 6) is 2.41. The van der Waals surface area contributed by atoms with Gasteiger partial charge in [-0.15, -0.1) is 17.4 Å². The van der Waals surface area contributed by atoms with Crippen LogP contribution in [0.25, 0.3) is 11.6 Å². The first-order valence-corrected chi connectivity index (χ1v) is 11.2. The van der Waals surface area contributed by atoms with Crippen LogP contribution >= 0.6 is 0 Å². The molecule has 6 nitrogen and oxygen atoms in total. The smallest absolute Gasteiger partial charge is 0.158 e. The molecule has 0 fully saturated rings. The van der Waals surface area contributed by atoms with Crippen molar-refractivity contribution < 1.29 is 21.1 Å². The molecule has 4 heterocycles. The third-order valence-electron chi connectivity index (χ3n) is 5.63. The Morgan fingerprint density at radius 1 is 0.765 bits per heavy atom. The second-order valence-corrected chi connectivity index (χ2v) is 7.64. The SMILES string of the molecule is CCc1cccc(CC)c1N(c1[c-]n(-c2ccccn2)cc1)c1ccn(-c2ccccn2)n1.[Pt]. The van der Waals surface area contributed by atoms with Crippen LogP contribution in [0.5, 0.6) is 0 Å². The summed E-state index contributed by atoms with van der Waals surface area (Å²) in [7, 11) is 0. The van der Waals surface area contributed by atoms with E-state index in [1.165, 1.54) is 11.1 Å². The molecule has 0 amide bonds. The van der Waals surface area contributed by atoms with E-state index in [0.717, 1.165) is 41.7 Å². The van der Waals surface area contributed by atoms with Gasteiger partial charge in [-0.2, -0.15) is 0 Å². The van der Waals surface area contributed by atoms with Crippen LogP contribution in [0.4, 0.5) is 17.2 Å². The fourth-order valence-corrected chi connectivity index (χ4v) is 4.01. The van der Waals surface area contributed by atoms with Crippen LogP contribution in [0.3, 0.4) is 0 Å². The summed E-state index contributed by atoms with van der Waals surface area (Å²) in [6, 6.07) is 22.3. The van der Waals surface area contributed by atoms with Crippen molar-refractivity contribution in [2.45, 2.75) is 26.7 Å². The van der Waals surface area contributed by atoms with Crippen molar-refractivity contribution in [2.24, 2.45) is 0 Å². The first-order valence-electron chi connectivity index (χ1n) is 11.2. The molecule has 0 atom stereocenters. The minimum Gasteiger partial charge on any atom is -0.434 e. The van der Waals surface area contributed by atoms with E-state index in [2.05, 4.69) is 59.2 Å². The first-order chi connectivity index (χ1) is 16.3. The van der Waals surface area contributed by atoms with E-state index >= 15 is 0 Å². The predicted molar refractivity (Wildman–Crippen MR) is 131 cm³/mol. The standard InChI is InChI=1S/C27H25N6.Pt/c1-3-21-10-9-11-22(4-2)27(21)33(23-14-18-31(20-23)24-12-5-7-16-28-24)26-15-19-32(30-26)25-13-6-8-17-29-25;/h5-19H,3-4H2,1-2H3;/q-1;. The summed E-state index contributed by atoms with van der Waals surface area (Å²) >= 11 is 0. The number of aryl methyl sites for hydroxylation is 2. The molecule has 0 aliphatic carbocycles. The van der Waals surface area contributed by atoms with E-state index in [0.29, 0.717) is 0 Å². The summed E-state index contributed by atoms with van der Waals surface area (Å²) in [6.07, 6.45) is 12.8. The maximum Gasteiger partial charge on any atom is 0.158 e. The summed E-state index contributed by atoms with van der Waals surface area (Å²) in [6.45, 7) is 4.37. The van der Waals surface area contributed by atoms with Crippen molar-refractivity contribution in [3.05, 3.63) is 109 Å². The topological polar surface area (TPSA) is 51.8 Å². The summed E-state index contributed by atoms with van der Waals surface area (Å²) in [5.41, 5.74) is 4.59. The van der Waals surface area contributed by atoms with E-state index in [-0.39, 0.29) is 21.1 Å². The molecule has 34 heavy (non-hydrogen) atoms. The molecule has 0 N–H and O–H groups in total. The quantitative estimate of drug-likeness (QED) is 0.213. The van der Waals surface area contributed by atoms with Crippen LogP contribution in [0, 0.1) is 6.20 Å². The minimum absolute atomic E-state index is 0. The van der Waals surface area contributed by atoms with Crippen molar-refractivity contribution in [1.29, 1.82) is 0 Å². The van der Waals surface area contributed by atoms with Gasteiger partial charge in [-0.1, -0.05) is 50.2 Å². The molecule has 0 saturated heterocycles. The van der Waals surface area contributed by atoms with Crippen molar-refractivity contribution in [3.8, 4) is 11.6 Å². The number of anilines is 3. The molecule has 5 rings (SSSR count). The largest absolute Gasteiger partial charge is 0.434 e. The number of hydrogen-bond donors (Lipinski definition) is 0. The average Bonchev–Trinajstić information content (AvgIpc) is 3.56. The third kappa shape index (κ3) is 4.59. The predicted octanol–water partition coefficient (Wildman–Crippen LogP) is 5.85. The van der Waals surface area contributed by atoms with Gasteiger partial charge < -0.3 is 9.47 Å². The number of nitrogens with zero attached hydrogens (tertiary/aromatic N) is 6. The Kier molecular flexibility index (Phi) is 7.39. The number of hydrogen-bond acceptors (Lipinski definition) is 4. The number of rotatable bonds is 7. The van der Waals surface area contributed by atoms with E-state index in [4.69, 9.17) is 5.10 Å². The minimum atomic E-state index is 0. The van der Waals surface area contributed by atoms with Gasteiger partial charge in [-0.3, -0.25) is 4.98 Å². The summed E-state index contributed by atoms with van der Waals surface area (Å²) in [5, 5.41) is 4.90. The summed E-state index contributed by atoms with van der Waals surface area (Å²) < 4.78 is 3.72. The van der Waals surface area contributed by atoms with Crippen molar-refractivity contribution >= 4 is 17.2 Å². The van der Waals surface area contributed by atoms with Crippen molar-refractivity contribution in [3.63, 3.8) is 0 Å². The average molecular weight is 629 g/mol. The van der Waals surface area contributed by atoms with Gasteiger partial charge in [0.05, 0.1) is 11.5 Å². The van der Waals surface area contributed by atoms with E-state index in [1.807, 2.05) is 59.4 Å². The maximum absolute atomic E-state index is 4.90. The molecule has 0 spiro atoms. The molecule has 7 heteroatoms. The number of pyridine rings is 2. The Morgan fingerprint density at radius 3 is 2.06 bits per heavy atom. The van der Waals surface area contributed by atoms with Gasteiger partial charge in [0.25, 0.3) is 0 Å². The fourth-order valence-electron chi connectivity index (χ4n) is 4.01. The van der Waals surface area contributed by atoms with Gasteiger partial charge in [0.1, 0.15) is 0 Å². The number of benzene rings is 1. The van der Waals surface area contributed by atoms with E-state index in [1.54, 1.807) is 17.1 Å². The molecule has 1 aromatic carbocycles. The fraction of sp³-hybridized carbons (Fsp3) is 0.148. The molecular formula is C27H25N6Pt-. The molecule has 0 saturated carbocycles. The van der Waals surface area contributed by atoms with Crippen LogP contribution in [0.15, 0.2) is 91.5 Å². The second-order valence-electron chi connectivity index (χ2n) is 7.64.